The van der Waals surface area contributed by atoms with Crippen LogP contribution in [0, 0.1) is 0 Å². The predicted molar refractivity (Wildman–Crippen MR) is 336 cm³/mol. The van der Waals surface area contributed by atoms with Crippen LogP contribution >= 0.6 is 15.9 Å². The molecule has 0 aliphatic carbocycles. The molecule has 0 fully saturated rings. The molecule has 0 bridgehead atoms. The lowest BCUT2D eigenvalue weighted by atomic mass is 9.80. The van der Waals surface area contributed by atoms with Crippen LogP contribution in [0.25, 0.3) is 132 Å². The predicted octanol–water partition coefficient (Wildman–Crippen LogP) is 18.5. The van der Waals surface area contributed by atoms with Crippen molar-refractivity contribution in [1.82, 2.24) is 9.13 Å². The van der Waals surface area contributed by atoms with Gasteiger partial charge in [-0.15, -0.1) is 0 Å². The molecule has 380 valence electrons. The summed E-state index contributed by atoms with van der Waals surface area (Å²) in [6, 6.07) is 96.3. The second-order valence-electron chi connectivity index (χ2n) is 20.0. The maximum atomic E-state index is 9.42. The van der Waals surface area contributed by atoms with Crippen molar-refractivity contribution in [3.63, 3.8) is 0 Å². The molecule has 16 aromatic rings. The molecule has 12 aromatic carbocycles. The third kappa shape index (κ3) is 8.91. The first kappa shape index (κ1) is 48.7. The minimum absolute atomic E-state index is 0.486. The Morgan fingerprint density at radius 2 is 0.625 bits per heavy atom. The van der Waals surface area contributed by atoms with Crippen molar-refractivity contribution in [2.45, 2.75) is 0 Å². The molecule has 0 atom stereocenters. The number of rotatable bonds is 6. The van der Waals surface area contributed by atoms with E-state index in [4.69, 9.17) is 8.83 Å². The zero-order valence-corrected chi connectivity index (χ0v) is 44.7. The van der Waals surface area contributed by atoms with E-state index in [-0.39, 0.29) is 0 Å². The van der Waals surface area contributed by atoms with Crippen LogP contribution < -0.4 is 5.46 Å². The van der Waals surface area contributed by atoms with E-state index < -0.39 is 7.12 Å². The Kier molecular flexibility index (Phi) is 12.5. The molecule has 80 heavy (non-hydrogen) atoms. The second kappa shape index (κ2) is 20.6. The Bertz CT molecular complexity index is 4880. The van der Waals surface area contributed by atoms with E-state index in [0.717, 1.165) is 65.4 Å². The molecule has 0 spiro atoms. The Balaban J connectivity index is 0.000000117. The molecule has 16 rings (SSSR count). The Morgan fingerprint density at radius 1 is 0.275 bits per heavy atom. The van der Waals surface area contributed by atoms with Gasteiger partial charge in [0.25, 0.3) is 0 Å². The highest BCUT2D eigenvalue weighted by atomic mass is 79.9. The average Bonchev–Trinajstić information content (AvgIpc) is 4.36. The van der Waals surface area contributed by atoms with Gasteiger partial charge in [-0.05, 0) is 142 Å². The fourth-order valence-corrected chi connectivity index (χ4v) is 11.8. The maximum absolute atomic E-state index is 9.42. The highest BCUT2D eigenvalue weighted by molar-refractivity contribution is 9.10. The zero-order valence-electron chi connectivity index (χ0n) is 43.1. The van der Waals surface area contributed by atoms with Gasteiger partial charge in [0, 0.05) is 58.9 Å². The van der Waals surface area contributed by atoms with Crippen molar-refractivity contribution in [2.75, 3.05) is 0 Å². The van der Waals surface area contributed by atoms with Gasteiger partial charge in [0.1, 0.15) is 22.3 Å². The minimum atomic E-state index is -1.46. The van der Waals surface area contributed by atoms with Crippen LogP contribution in [0.15, 0.2) is 292 Å². The van der Waals surface area contributed by atoms with Gasteiger partial charge in [0.2, 0.25) is 0 Å². The van der Waals surface area contributed by atoms with Crippen LogP contribution in [0.5, 0.6) is 0 Å². The smallest absolute Gasteiger partial charge is 0.456 e. The highest BCUT2D eigenvalue weighted by Gasteiger charge is 2.17. The third-order valence-corrected chi connectivity index (χ3v) is 15.6. The summed E-state index contributed by atoms with van der Waals surface area (Å²) in [4.78, 5) is 0. The monoisotopic (exact) mass is 1090 g/mol. The van der Waals surface area contributed by atoms with Crippen LogP contribution in [0.3, 0.4) is 0 Å². The van der Waals surface area contributed by atoms with Gasteiger partial charge >= 0.3 is 7.12 Å². The van der Waals surface area contributed by atoms with Crippen molar-refractivity contribution >= 4 is 116 Å². The van der Waals surface area contributed by atoms with Crippen LogP contribution in [0.2, 0.25) is 0 Å². The van der Waals surface area contributed by atoms with Crippen LogP contribution in [0.4, 0.5) is 0 Å². The lowest BCUT2D eigenvalue weighted by Crippen LogP contribution is -2.29. The second-order valence-corrected chi connectivity index (χ2v) is 20.9. The van der Waals surface area contributed by atoms with E-state index in [1.807, 2.05) is 84.9 Å². The first-order valence-electron chi connectivity index (χ1n) is 26.6. The molecular formula is C72H48BBrN2O4. The van der Waals surface area contributed by atoms with E-state index in [1.165, 1.54) is 71.3 Å². The fraction of sp³-hybridized carbons (Fsp3) is 0. The molecule has 2 N–H and O–H groups in total. The summed E-state index contributed by atoms with van der Waals surface area (Å²) in [5.41, 5.74) is 18.1. The average molecular weight is 1100 g/mol. The number of hydrogen-bond donors (Lipinski definition) is 2. The summed E-state index contributed by atoms with van der Waals surface area (Å²) in [6.45, 7) is 0. The maximum Gasteiger partial charge on any atom is 0.488 e. The van der Waals surface area contributed by atoms with Crippen molar-refractivity contribution in [3.05, 3.63) is 284 Å². The summed E-state index contributed by atoms with van der Waals surface area (Å²) in [5, 5.41) is 28.4. The lowest BCUT2D eigenvalue weighted by Gasteiger charge is -2.11. The van der Waals surface area contributed by atoms with Gasteiger partial charge in [-0.25, -0.2) is 0 Å². The van der Waals surface area contributed by atoms with Crippen molar-refractivity contribution < 1.29 is 18.9 Å². The molecule has 0 amide bonds. The normalized spacial score (nSPS) is 11.4. The Labute approximate surface area is 469 Å². The van der Waals surface area contributed by atoms with E-state index in [9.17, 15) is 10.0 Å². The molecule has 0 unspecified atom stereocenters. The number of hydrogen-bond acceptors (Lipinski definition) is 4. The van der Waals surface area contributed by atoms with Gasteiger partial charge in [-0.2, -0.15) is 0 Å². The molecular weight excluding hydrogens is 1050 g/mol. The van der Waals surface area contributed by atoms with Crippen molar-refractivity contribution in [3.8, 4) is 44.8 Å². The summed E-state index contributed by atoms with van der Waals surface area (Å²) in [5.74, 6) is 0. The number of nitrogens with zero attached hydrogens (tertiary/aromatic N) is 2. The minimum Gasteiger partial charge on any atom is -0.456 e. The van der Waals surface area contributed by atoms with Crippen LogP contribution in [0.1, 0.15) is 0 Å². The summed E-state index contributed by atoms with van der Waals surface area (Å²) < 4.78 is 17.5. The van der Waals surface area contributed by atoms with Crippen LogP contribution in [-0.2, 0) is 0 Å². The van der Waals surface area contributed by atoms with Crippen molar-refractivity contribution in [2.24, 2.45) is 0 Å². The SMILES string of the molecule is Brc1cccc(-c2ccc3oc4ccccc4c3c2)c1.OB(O)c1cccc(-n2c3ccccc3c3ccccc32)c1.c1cc(-c2cccc(-n3c4ccccc4c4ccccc43)c2)cc(-c2ccc3oc4ccccc4c3c2)c1. The molecule has 0 aliphatic heterocycles. The lowest BCUT2D eigenvalue weighted by molar-refractivity contribution is 0.425. The van der Waals surface area contributed by atoms with Gasteiger partial charge < -0.3 is 28.0 Å². The van der Waals surface area contributed by atoms with E-state index in [2.05, 4.69) is 213 Å². The molecule has 0 aliphatic rings. The number of benzene rings is 12. The first-order chi connectivity index (χ1) is 39.4. The Hall–Kier alpha value is -9.70. The number of furan rings is 2. The number of halogens is 1. The standard InChI is InChI=1S/C36H23NO.C18H14BNO2.C18H11BrO/c1-4-16-33-29(13-1)30-14-2-5-17-34(30)37(33)28-12-8-11-26(22-28)24-9-7-10-25(21-24)27-19-20-36-32(23-27)31-15-3-6-18-35(31)38-36;21-19(22)13-6-5-7-14(12-13)20-17-10-3-1-8-15(17)16-9-2-4-11-18(16)20;19-14-5-3-4-12(10-14)13-8-9-18-16(11-13)15-6-1-2-7-17(15)20-18/h1-23H;1-12,21-22H;1-11H. The third-order valence-electron chi connectivity index (χ3n) is 15.1. The van der Waals surface area contributed by atoms with Crippen molar-refractivity contribution in [1.29, 1.82) is 0 Å². The summed E-state index contributed by atoms with van der Waals surface area (Å²) in [6.07, 6.45) is 0. The van der Waals surface area contributed by atoms with E-state index in [1.54, 1.807) is 6.07 Å². The topological polar surface area (TPSA) is 76.6 Å². The zero-order chi connectivity index (χ0) is 53.7. The summed E-state index contributed by atoms with van der Waals surface area (Å²) in [7, 11) is -1.46. The largest absolute Gasteiger partial charge is 0.488 e. The molecule has 0 saturated carbocycles. The number of para-hydroxylation sites is 6. The summed E-state index contributed by atoms with van der Waals surface area (Å²) >= 11 is 3.52. The van der Waals surface area contributed by atoms with Crippen LogP contribution in [-0.4, -0.2) is 26.3 Å². The van der Waals surface area contributed by atoms with Gasteiger partial charge in [-0.1, -0.05) is 192 Å². The first-order valence-corrected chi connectivity index (χ1v) is 27.4. The number of aromatic nitrogens is 2. The van der Waals surface area contributed by atoms with Gasteiger partial charge in [0.05, 0.1) is 22.1 Å². The molecule has 0 radical (unpaired) electrons. The Morgan fingerprint density at radius 3 is 1.09 bits per heavy atom. The molecule has 4 heterocycles. The van der Waals surface area contributed by atoms with E-state index >= 15 is 0 Å². The quantitative estimate of drug-likeness (QED) is 0.163. The molecule has 4 aromatic heterocycles. The van der Waals surface area contributed by atoms with Gasteiger partial charge in [-0.3, -0.25) is 0 Å². The van der Waals surface area contributed by atoms with E-state index in [0.29, 0.717) is 5.46 Å². The molecule has 6 nitrogen and oxygen atoms in total. The molecule has 0 saturated heterocycles. The highest BCUT2D eigenvalue weighted by Crippen LogP contribution is 2.38. The number of fused-ring (bicyclic) bond motifs is 12. The molecule has 8 heteroatoms. The fourth-order valence-electron chi connectivity index (χ4n) is 11.4. The van der Waals surface area contributed by atoms with Gasteiger partial charge in [0.15, 0.2) is 0 Å².